The summed E-state index contributed by atoms with van der Waals surface area (Å²) in [5.41, 5.74) is 4.49. The number of nitrogens with zero attached hydrogens (tertiary/aromatic N) is 3. The summed E-state index contributed by atoms with van der Waals surface area (Å²) in [7, 11) is 1.68. The minimum absolute atomic E-state index is 0.446. The van der Waals surface area contributed by atoms with Crippen LogP contribution in [0, 0.1) is 0 Å². The fourth-order valence-corrected chi connectivity index (χ4v) is 4.47. The number of benzene rings is 1. The van der Waals surface area contributed by atoms with Gasteiger partial charge < -0.3 is 14.8 Å². The summed E-state index contributed by atoms with van der Waals surface area (Å²) in [6, 6.07) is 9.33. The van der Waals surface area contributed by atoms with Crippen LogP contribution < -0.4 is 10.1 Å². The number of anilines is 1. The summed E-state index contributed by atoms with van der Waals surface area (Å²) >= 11 is 0. The first-order valence-corrected chi connectivity index (χ1v) is 10.4. The fourth-order valence-electron chi connectivity index (χ4n) is 4.47. The van der Waals surface area contributed by atoms with E-state index in [0.717, 1.165) is 48.4 Å². The fraction of sp³-hybridized carbons (Fsp3) is 0.545. The Balaban J connectivity index is 1.41. The van der Waals surface area contributed by atoms with Crippen molar-refractivity contribution >= 4 is 5.82 Å². The molecule has 3 aliphatic rings. The molecule has 1 N–H and O–H groups in total. The summed E-state index contributed by atoms with van der Waals surface area (Å²) in [6.07, 6.45) is 6.06. The van der Waals surface area contributed by atoms with E-state index in [-0.39, 0.29) is 0 Å². The van der Waals surface area contributed by atoms with Gasteiger partial charge in [0.2, 0.25) is 0 Å². The van der Waals surface area contributed by atoms with E-state index < -0.39 is 0 Å². The number of methoxy groups -OCH3 is 1. The van der Waals surface area contributed by atoms with E-state index in [1.807, 2.05) is 12.1 Å². The summed E-state index contributed by atoms with van der Waals surface area (Å²) in [5.74, 6) is 1.76. The molecule has 2 aromatic rings. The third-order valence-electron chi connectivity index (χ3n) is 6.15. The van der Waals surface area contributed by atoms with E-state index in [9.17, 15) is 0 Å². The molecule has 0 radical (unpaired) electrons. The third-order valence-corrected chi connectivity index (χ3v) is 6.15. The largest absolute Gasteiger partial charge is 0.497 e. The van der Waals surface area contributed by atoms with Gasteiger partial charge in [0.25, 0.3) is 0 Å². The van der Waals surface area contributed by atoms with E-state index >= 15 is 0 Å². The van der Waals surface area contributed by atoms with Gasteiger partial charge in [-0.3, -0.25) is 4.90 Å². The number of piperidine rings is 1. The Bertz CT molecular complexity index is 835. The van der Waals surface area contributed by atoms with Gasteiger partial charge in [-0.15, -0.1) is 10.2 Å². The predicted molar refractivity (Wildman–Crippen MR) is 109 cm³/mol. The van der Waals surface area contributed by atoms with E-state index in [1.54, 1.807) is 7.11 Å². The SMILES string of the molecule is COc1ccc(-c2nnc(N[C@@H]3CCCN(C4CC4)C3)c3c2CCOC3)cc1. The van der Waals surface area contributed by atoms with Gasteiger partial charge in [-0.05, 0) is 68.5 Å². The zero-order chi connectivity index (χ0) is 18.9. The molecule has 1 aliphatic carbocycles. The van der Waals surface area contributed by atoms with Crippen molar-refractivity contribution in [2.45, 2.75) is 50.8 Å². The van der Waals surface area contributed by atoms with Gasteiger partial charge in [0.05, 0.1) is 26.0 Å². The lowest BCUT2D eigenvalue weighted by atomic mass is 9.97. The molecule has 0 unspecified atom stereocenters. The molecule has 1 aromatic heterocycles. The average molecular weight is 380 g/mol. The van der Waals surface area contributed by atoms with Crippen molar-refractivity contribution in [3.05, 3.63) is 35.4 Å². The summed E-state index contributed by atoms with van der Waals surface area (Å²) in [5, 5.41) is 12.9. The number of rotatable bonds is 5. The molecular weight excluding hydrogens is 352 g/mol. The molecule has 2 fully saturated rings. The number of aromatic nitrogens is 2. The Kier molecular flexibility index (Phi) is 4.91. The Morgan fingerprint density at radius 3 is 2.75 bits per heavy atom. The van der Waals surface area contributed by atoms with Crippen molar-refractivity contribution < 1.29 is 9.47 Å². The summed E-state index contributed by atoms with van der Waals surface area (Å²) in [6.45, 7) is 3.70. The first-order chi connectivity index (χ1) is 13.8. The quantitative estimate of drug-likeness (QED) is 0.859. The molecule has 1 saturated heterocycles. The lowest BCUT2D eigenvalue weighted by molar-refractivity contribution is 0.111. The number of likely N-dealkylation sites (tertiary alicyclic amines) is 1. The van der Waals surface area contributed by atoms with Gasteiger partial charge in [0, 0.05) is 29.8 Å². The van der Waals surface area contributed by atoms with Crippen molar-refractivity contribution in [3.8, 4) is 17.0 Å². The van der Waals surface area contributed by atoms with Gasteiger partial charge in [-0.1, -0.05) is 0 Å². The lowest BCUT2D eigenvalue weighted by Crippen LogP contribution is -2.43. The van der Waals surface area contributed by atoms with Crippen LogP contribution in [0.25, 0.3) is 11.3 Å². The van der Waals surface area contributed by atoms with Crippen molar-refractivity contribution in [2.24, 2.45) is 0 Å². The number of ether oxygens (including phenoxy) is 2. The number of hydrogen-bond donors (Lipinski definition) is 1. The van der Waals surface area contributed by atoms with Crippen LogP contribution in [0.1, 0.15) is 36.8 Å². The zero-order valence-corrected chi connectivity index (χ0v) is 16.5. The van der Waals surface area contributed by atoms with Crippen molar-refractivity contribution in [1.29, 1.82) is 0 Å². The highest BCUT2D eigenvalue weighted by Crippen LogP contribution is 2.33. The van der Waals surface area contributed by atoms with Crippen LogP contribution in [0.2, 0.25) is 0 Å². The zero-order valence-electron chi connectivity index (χ0n) is 16.5. The van der Waals surface area contributed by atoms with E-state index in [4.69, 9.17) is 9.47 Å². The molecular formula is C22H28N4O2. The maximum Gasteiger partial charge on any atom is 0.154 e. The van der Waals surface area contributed by atoms with Gasteiger partial charge in [-0.2, -0.15) is 0 Å². The van der Waals surface area contributed by atoms with Crippen LogP contribution in [-0.4, -0.2) is 54.0 Å². The summed E-state index contributed by atoms with van der Waals surface area (Å²) < 4.78 is 11.1. The van der Waals surface area contributed by atoms with Crippen LogP contribution in [-0.2, 0) is 17.8 Å². The minimum atomic E-state index is 0.446. The normalized spacial score (nSPS) is 22.5. The molecule has 1 aromatic carbocycles. The van der Waals surface area contributed by atoms with Crippen LogP contribution in [0.4, 0.5) is 5.82 Å². The molecule has 0 spiro atoms. The maximum absolute atomic E-state index is 5.78. The Labute approximate surface area is 166 Å². The molecule has 6 nitrogen and oxygen atoms in total. The molecule has 148 valence electrons. The van der Waals surface area contributed by atoms with Gasteiger partial charge in [0.1, 0.15) is 5.75 Å². The van der Waals surface area contributed by atoms with Crippen LogP contribution in [0.3, 0.4) is 0 Å². The predicted octanol–water partition coefficient (Wildman–Crippen LogP) is 3.26. The second-order valence-electron chi connectivity index (χ2n) is 8.10. The second-order valence-corrected chi connectivity index (χ2v) is 8.10. The van der Waals surface area contributed by atoms with E-state index in [1.165, 1.54) is 43.4 Å². The second kappa shape index (κ2) is 7.68. The Hall–Kier alpha value is -2.18. The maximum atomic E-state index is 5.78. The molecule has 5 rings (SSSR count). The number of fused-ring (bicyclic) bond motifs is 1. The first kappa shape index (κ1) is 17.9. The van der Waals surface area contributed by atoms with Gasteiger partial charge in [0.15, 0.2) is 5.82 Å². The molecule has 3 heterocycles. The lowest BCUT2D eigenvalue weighted by Gasteiger charge is -2.34. The standard InChI is InChI=1S/C22H28N4O2/c1-27-18-8-4-15(5-9-18)21-19-10-12-28-14-20(19)22(25-24-21)23-16-3-2-11-26(13-16)17-6-7-17/h4-5,8-9,16-17H,2-3,6-7,10-14H2,1H3,(H,23,25)/t16-/m1/s1. The van der Waals surface area contributed by atoms with Crippen LogP contribution in [0.15, 0.2) is 24.3 Å². The van der Waals surface area contributed by atoms with Gasteiger partial charge >= 0.3 is 0 Å². The van der Waals surface area contributed by atoms with Crippen LogP contribution >= 0.6 is 0 Å². The highest BCUT2D eigenvalue weighted by Gasteiger charge is 2.33. The molecule has 1 saturated carbocycles. The molecule has 6 heteroatoms. The summed E-state index contributed by atoms with van der Waals surface area (Å²) in [4.78, 5) is 2.64. The van der Waals surface area contributed by atoms with Gasteiger partial charge in [-0.25, -0.2) is 0 Å². The average Bonchev–Trinajstić information content (AvgIpc) is 3.60. The number of nitrogens with one attached hydrogen (secondary N) is 1. The van der Waals surface area contributed by atoms with E-state index in [2.05, 4.69) is 32.5 Å². The molecule has 28 heavy (non-hydrogen) atoms. The van der Waals surface area contributed by atoms with Crippen molar-refractivity contribution in [3.63, 3.8) is 0 Å². The Morgan fingerprint density at radius 2 is 1.96 bits per heavy atom. The molecule has 0 bridgehead atoms. The van der Waals surface area contributed by atoms with Crippen molar-refractivity contribution in [2.75, 3.05) is 32.1 Å². The third kappa shape index (κ3) is 3.59. The smallest absolute Gasteiger partial charge is 0.154 e. The highest BCUT2D eigenvalue weighted by atomic mass is 16.5. The minimum Gasteiger partial charge on any atom is -0.497 e. The highest BCUT2D eigenvalue weighted by molar-refractivity contribution is 5.68. The number of hydrogen-bond acceptors (Lipinski definition) is 6. The first-order valence-electron chi connectivity index (χ1n) is 10.4. The van der Waals surface area contributed by atoms with Crippen molar-refractivity contribution in [1.82, 2.24) is 15.1 Å². The Morgan fingerprint density at radius 1 is 1.11 bits per heavy atom. The van der Waals surface area contributed by atoms with Crippen LogP contribution in [0.5, 0.6) is 5.75 Å². The molecule has 0 amide bonds. The topological polar surface area (TPSA) is 59.5 Å². The van der Waals surface area contributed by atoms with E-state index in [0.29, 0.717) is 12.6 Å². The molecule has 1 atom stereocenters. The monoisotopic (exact) mass is 380 g/mol. The molecule has 2 aliphatic heterocycles.